The van der Waals surface area contributed by atoms with Crippen molar-refractivity contribution >= 4 is 18.2 Å². The van der Waals surface area contributed by atoms with Gasteiger partial charge in [-0.05, 0) is 32.8 Å². The molecule has 0 N–H and O–H groups in total. The predicted octanol–water partition coefficient (Wildman–Crippen LogP) is 2.81. The molecule has 1 aromatic rings. The molecule has 29 heavy (non-hydrogen) atoms. The number of hydrogen-bond acceptors (Lipinski definition) is 6. The maximum absolute atomic E-state index is 12.7. The lowest BCUT2D eigenvalue weighted by molar-refractivity contribution is -0.146. The Morgan fingerprint density at radius 1 is 1.07 bits per heavy atom. The van der Waals surface area contributed by atoms with E-state index >= 15 is 0 Å². The zero-order valence-corrected chi connectivity index (χ0v) is 17.3. The van der Waals surface area contributed by atoms with E-state index in [2.05, 4.69) is 0 Å². The van der Waals surface area contributed by atoms with Gasteiger partial charge in [-0.15, -0.1) is 0 Å². The largest absolute Gasteiger partial charge is 0.469 e. The Bertz CT molecular complexity index is 760. The van der Waals surface area contributed by atoms with Gasteiger partial charge in [0.2, 0.25) is 0 Å². The zero-order chi connectivity index (χ0) is 21.2. The molecular formula is C21H28N2O6. The fourth-order valence-electron chi connectivity index (χ4n) is 3.99. The van der Waals surface area contributed by atoms with Crippen LogP contribution < -0.4 is 0 Å². The summed E-state index contributed by atoms with van der Waals surface area (Å²) in [6.07, 6.45) is -0.433. The van der Waals surface area contributed by atoms with E-state index in [0.717, 1.165) is 5.56 Å². The van der Waals surface area contributed by atoms with Crippen LogP contribution in [0.1, 0.15) is 32.8 Å². The fourth-order valence-corrected chi connectivity index (χ4v) is 3.99. The Kier molecular flexibility index (Phi) is 6.00. The van der Waals surface area contributed by atoms with Crippen molar-refractivity contribution in [3.8, 4) is 0 Å². The minimum absolute atomic E-state index is 0.145. The number of benzene rings is 1. The van der Waals surface area contributed by atoms with Gasteiger partial charge >= 0.3 is 18.2 Å². The van der Waals surface area contributed by atoms with Crippen LogP contribution in [-0.4, -0.2) is 65.8 Å². The highest BCUT2D eigenvalue weighted by Gasteiger charge is 2.55. The number of nitrogens with zero attached hydrogens (tertiary/aromatic N) is 2. The number of ether oxygens (including phenoxy) is 3. The summed E-state index contributed by atoms with van der Waals surface area (Å²) in [6.45, 7) is 6.07. The number of hydrogen-bond donors (Lipinski definition) is 0. The van der Waals surface area contributed by atoms with E-state index in [4.69, 9.17) is 14.2 Å². The van der Waals surface area contributed by atoms with Crippen LogP contribution in [0.4, 0.5) is 9.59 Å². The van der Waals surface area contributed by atoms with Crippen LogP contribution in [0.2, 0.25) is 0 Å². The van der Waals surface area contributed by atoms with Gasteiger partial charge in [0.25, 0.3) is 0 Å². The summed E-state index contributed by atoms with van der Waals surface area (Å²) >= 11 is 0. The minimum Gasteiger partial charge on any atom is -0.469 e. The van der Waals surface area contributed by atoms with Crippen LogP contribution in [-0.2, 0) is 25.6 Å². The molecule has 1 aromatic carbocycles. The number of amides is 2. The average Bonchev–Trinajstić information content (AvgIpc) is 3.25. The third-order valence-corrected chi connectivity index (χ3v) is 5.20. The van der Waals surface area contributed by atoms with Crippen LogP contribution in [0.15, 0.2) is 30.3 Å². The lowest BCUT2D eigenvalue weighted by Gasteiger charge is -2.30. The fraction of sp³-hybridized carbons (Fsp3) is 0.571. The Balaban J connectivity index is 1.73. The normalized spacial score (nSPS) is 23.5. The number of likely N-dealkylation sites (tertiary alicyclic amines) is 2. The van der Waals surface area contributed by atoms with Crippen molar-refractivity contribution < 1.29 is 28.6 Å². The zero-order valence-electron chi connectivity index (χ0n) is 17.3. The van der Waals surface area contributed by atoms with Crippen LogP contribution >= 0.6 is 0 Å². The van der Waals surface area contributed by atoms with E-state index in [-0.39, 0.29) is 19.2 Å². The number of methoxy groups -OCH3 is 1. The van der Waals surface area contributed by atoms with Gasteiger partial charge in [0.05, 0.1) is 25.1 Å². The molecule has 3 rings (SSSR count). The van der Waals surface area contributed by atoms with Gasteiger partial charge in [0, 0.05) is 13.1 Å². The van der Waals surface area contributed by atoms with Crippen molar-refractivity contribution in [2.75, 3.05) is 20.2 Å². The first-order chi connectivity index (χ1) is 13.7. The molecule has 2 aliphatic rings. The molecule has 0 aliphatic carbocycles. The Hall–Kier alpha value is -2.77. The summed E-state index contributed by atoms with van der Waals surface area (Å²) in [5.74, 6) is -1.09. The third-order valence-electron chi connectivity index (χ3n) is 5.20. The smallest absolute Gasteiger partial charge is 0.410 e. The number of esters is 1. The van der Waals surface area contributed by atoms with E-state index in [1.807, 2.05) is 30.3 Å². The number of carbonyl (C=O) groups excluding carboxylic acids is 3. The molecular weight excluding hydrogens is 376 g/mol. The summed E-state index contributed by atoms with van der Waals surface area (Å²) in [5, 5.41) is 0. The van der Waals surface area contributed by atoms with Crippen molar-refractivity contribution in [3.05, 3.63) is 35.9 Å². The van der Waals surface area contributed by atoms with Gasteiger partial charge in [0.15, 0.2) is 0 Å². The molecule has 2 amide bonds. The number of carbonyl (C=O) groups is 3. The van der Waals surface area contributed by atoms with Crippen molar-refractivity contribution in [1.82, 2.24) is 9.80 Å². The second-order valence-electron chi connectivity index (χ2n) is 8.34. The highest BCUT2D eigenvalue weighted by molar-refractivity contribution is 5.79. The van der Waals surface area contributed by atoms with Crippen LogP contribution in [0, 0.1) is 5.92 Å². The molecule has 2 fully saturated rings. The molecule has 0 radical (unpaired) electrons. The monoisotopic (exact) mass is 404 g/mol. The summed E-state index contributed by atoms with van der Waals surface area (Å²) in [5.41, 5.74) is 0.228. The van der Waals surface area contributed by atoms with Crippen molar-refractivity contribution in [1.29, 1.82) is 0 Å². The molecule has 3 atom stereocenters. The Morgan fingerprint density at radius 3 is 2.38 bits per heavy atom. The van der Waals surface area contributed by atoms with E-state index in [1.54, 1.807) is 30.6 Å². The highest BCUT2D eigenvalue weighted by atomic mass is 16.6. The molecule has 158 valence electrons. The van der Waals surface area contributed by atoms with Crippen LogP contribution in [0.25, 0.3) is 0 Å². The summed E-state index contributed by atoms with van der Waals surface area (Å²) in [7, 11) is 1.31. The van der Waals surface area contributed by atoms with E-state index in [0.29, 0.717) is 13.0 Å². The van der Waals surface area contributed by atoms with E-state index < -0.39 is 35.7 Å². The maximum atomic E-state index is 12.7. The second-order valence-corrected chi connectivity index (χ2v) is 8.34. The SMILES string of the molecule is COC(=O)C1CN(C(=O)OCc2ccccc2)C2CCN(C(=O)OC(C)(C)C)C12. The first-order valence-corrected chi connectivity index (χ1v) is 9.76. The molecule has 2 saturated heterocycles. The Morgan fingerprint density at radius 2 is 1.76 bits per heavy atom. The van der Waals surface area contributed by atoms with Gasteiger partial charge in [-0.25, -0.2) is 9.59 Å². The molecule has 0 bridgehead atoms. The lowest BCUT2D eigenvalue weighted by Crippen LogP contribution is -2.47. The van der Waals surface area contributed by atoms with Gasteiger partial charge < -0.3 is 24.0 Å². The maximum Gasteiger partial charge on any atom is 0.410 e. The Labute approximate surface area is 170 Å². The first kappa shape index (κ1) is 21.0. The summed E-state index contributed by atoms with van der Waals surface area (Å²) < 4.78 is 15.9. The molecule has 2 aliphatic heterocycles. The quantitative estimate of drug-likeness (QED) is 0.569. The standard InChI is InChI=1S/C21H28N2O6/c1-21(2,3)29-20(26)22-11-10-16-17(22)15(18(24)27-4)12-23(16)19(25)28-13-14-8-6-5-7-9-14/h5-9,15-17H,10-13H2,1-4H3. The lowest BCUT2D eigenvalue weighted by atomic mass is 10.00. The van der Waals surface area contributed by atoms with Gasteiger partial charge in [-0.3, -0.25) is 4.79 Å². The molecule has 8 nitrogen and oxygen atoms in total. The molecule has 0 aromatic heterocycles. The molecule has 0 spiro atoms. The van der Waals surface area contributed by atoms with E-state index in [9.17, 15) is 14.4 Å². The van der Waals surface area contributed by atoms with Crippen LogP contribution in [0.3, 0.4) is 0 Å². The summed E-state index contributed by atoms with van der Waals surface area (Å²) in [4.78, 5) is 40.9. The number of rotatable bonds is 3. The molecule has 3 unspecified atom stereocenters. The number of fused-ring (bicyclic) bond motifs is 1. The third kappa shape index (κ3) is 4.63. The summed E-state index contributed by atoms with van der Waals surface area (Å²) in [6, 6.07) is 8.59. The first-order valence-electron chi connectivity index (χ1n) is 9.76. The molecule has 2 heterocycles. The topological polar surface area (TPSA) is 85.4 Å². The van der Waals surface area contributed by atoms with Crippen LogP contribution in [0.5, 0.6) is 0 Å². The second kappa shape index (κ2) is 8.31. The average molecular weight is 404 g/mol. The van der Waals surface area contributed by atoms with Gasteiger partial charge in [-0.2, -0.15) is 0 Å². The molecule has 8 heteroatoms. The molecule has 0 saturated carbocycles. The van der Waals surface area contributed by atoms with Gasteiger partial charge in [0.1, 0.15) is 12.2 Å². The van der Waals surface area contributed by atoms with Crippen molar-refractivity contribution in [3.63, 3.8) is 0 Å². The predicted molar refractivity (Wildman–Crippen MR) is 104 cm³/mol. The van der Waals surface area contributed by atoms with Crippen molar-refractivity contribution in [2.24, 2.45) is 5.92 Å². The van der Waals surface area contributed by atoms with E-state index in [1.165, 1.54) is 7.11 Å². The van der Waals surface area contributed by atoms with Gasteiger partial charge in [-0.1, -0.05) is 30.3 Å². The minimum atomic E-state index is -0.650. The highest BCUT2D eigenvalue weighted by Crippen LogP contribution is 2.37. The van der Waals surface area contributed by atoms with Crippen molar-refractivity contribution in [2.45, 2.75) is 51.5 Å².